The predicted octanol–water partition coefficient (Wildman–Crippen LogP) is 0.677. The molecular weight excluding hydrogens is 454 g/mol. The van der Waals surface area contributed by atoms with Gasteiger partial charge in [0.05, 0.1) is 0 Å². The van der Waals surface area contributed by atoms with Gasteiger partial charge in [0.15, 0.2) is 0 Å². The molecule has 0 spiro atoms. The molecule has 1 aliphatic heterocycles. The van der Waals surface area contributed by atoms with Crippen LogP contribution < -0.4 is 26.6 Å². The highest BCUT2D eigenvalue weighted by Crippen LogP contribution is 2.08. The highest BCUT2D eigenvalue weighted by atomic mass is 16.4. The first-order chi connectivity index (χ1) is 16.3. The van der Waals surface area contributed by atoms with Gasteiger partial charge in [-0.25, -0.2) is 9.59 Å². The topological polar surface area (TPSA) is 166 Å². The molecule has 196 valence electrons. The van der Waals surface area contributed by atoms with Crippen molar-refractivity contribution in [3.8, 4) is 0 Å². The molecule has 1 heterocycles. The fourth-order valence-corrected chi connectivity index (χ4v) is 3.27. The molecule has 0 aromatic rings. The van der Waals surface area contributed by atoms with Crippen LogP contribution in [0.15, 0.2) is 24.3 Å². The Morgan fingerprint density at radius 2 is 1.57 bits per heavy atom. The zero-order chi connectivity index (χ0) is 26.7. The van der Waals surface area contributed by atoms with Crippen molar-refractivity contribution in [3.05, 3.63) is 24.3 Å². The van der Waals surface area contributed by atoms with Crippen LogP contribution in [0.25, 0.3) is 0 Å². The third kappa shape index (κ3) is 10.2. The number of rotatable bonds is 8. The lowest BCUT2D eigenvalue weighted by Gasteiger charge is -2.27. The van der Waals surface area contributed by atoms with E-state index in [0.717, 1.165) is 0 Å². The molecule has 11 nitrogen and oxygen atoms in total. The van der Waals surface area contributed by atoms with Gasteiger partial charge >= 0.3 is 12.0 Å². The second kappa shape index (κ2) is 14.1. The van der Waals surface area contributed by atoms with Gasteiger partial charge in [-0.3, -0.25) is 14.4 Å². The summed E-state index contributed by atoms with van der Waals surface area (Å²) in [5, 5.41) is 22.4. The van der Waals surface area contributed by atoms with Crippen LogP contribution in [0, 0.1) is 17.8 Å². The molecule has 0 radical (unpaired) electrons. The number of carboxylic acid groups (broad SMARTS) is 1. The van der Waals surface area contributed by atoms with E-state index in [-0.39, 0.29) is 23.7 Å². The fourth-order valence-electron chi connectivity index (χ4n) is 3.27. The first-order valence-electron chi connectivity index (χ1n) is 11.9. The van der Waals surface area contributed by atoms with Crippen LogP contribution in [0.1, 0.15) is 48.0 Å². The molecule has 4 unspecified atom stereocenters. The number of carbonyl (C=O) groups excluding carboxylic acids is 4. The van der Waals surface area contributed by atoms with Gasteiger partial charge in [0, 0.05) is 18.7 Å². The Balaban J connectivity index is 3.01. The Bertz CT molecular complexity index is 836. The SMILES string of the molecule is CC(C)C1/C=C/C(=O)NCC/C=C\C(NC(=O)C(NC(=O)NC(C(=O)O)C(C)C)C(C)C)C(=O)N1. The van der Waals surface area contributed by atoms with E-state index >= 15 is 0 Å². The van der Waals surface area contributed by atoms with Gasteiger partial charge in [0.1, 0.15) is 18.1 Å². The lowest BCUT2D eigenvalue weighted by atomic mass is 10.0. The van der Waals surface area contributed by atoms with E-state index in [0.29, 0.717) is 13.0 Å². The van der Waals surface area contributed by atoms with Crippen LogP contribution in [0.5, 0.6) is 0 Å². The summed E-state index contributed by atoms with van der Waals surface area (Å²) >= 11 is 0. The minimum absolute atomic E-state index is 0.0109. The highest BCUT2D eigenvalue weighted by Gasteiger charge is 2.30. The van der Waals surface area contributed by atoms with Crippen molar-refractivity contribution in [1.29, 1.82) is 0 Å². The first-order valence-corrected chi connectivity index (χ1v) is 11.9. The van der Waals surface area contributed by atoms with Gasteiger partial charge in [-0.2, -0.15) is 0 Å². The molecule has 1 rings (SSSR count). The van der Waals surface area contributed by atoms with E-state index in [9.17, 15) is 29.1 Å². The molecule has 0 saturated carbocycles. The van der Waals surface area contributed by atoms with Crippen molar-refractivity contribution in [2.24, 2.45) is 17.8 Å². The lowest BCUT2D eigenvalue weighted by Crippen LogP contribution is -2.58. The average Bonchev–Trinajstić information content (AvgIpc) is 2.75. The molecule has 1 aliphatic rings. The van der Waals surface area contributed by atoms with Gasteiger partial charge in [0.25, 0.3) is 0 Å². The van der Waals surface area contributed by atoms with Gasteiger partial charge in [-0.15, -0.1) is 0 Å². The number of aliphatic carboxylic acids is 1. The predicted molar refractivity (Wildman–Crippen MR) is 131 cm³/mol. The second-order valence-electron chi connectivity index (χ2n) is 9.53. The number of carbonyl (C=O) groups is 5. The van der Waals surface area contributed by atoms with Crippen LogP contribution in [0.2, 0.25) is 0 Å². The van der Waals surface area contributed by atoms with Crippen molar-refractivity contribution in [3.63, 3.8) is 0 Å². The van der Waals surface area contributed by atoms with Gasteiger partial charge in [-0.05, 0) is 24.2 Å². The molecule has 0 bridgehead atoms. The summed E-state index contributed by atoms with van der Waals surface area (Å²) in [5.41, 5.74) is 0. The highest BCUT2D eigenvalue weighted by molar-refractivity contribution is 5.94. The molecule has 5 amide bonds. The zero-order valence-electron chi connectivity index (χ0n) is 21.3. The minimum atomic E-state index is -1.18. The number of nitrogens with one attached hydrogen (secondary N) is 5. The van der Waals surface area contributed by atoms with Crippen LogP contribution >= 0.6 is 0 Å². The minimum Gasteiger partial charge on any atom is -0.480 e. The van der Waals surface area contributed by atoms with Gasteiger partial charge in [-0.1, -0.05) is 59.8 Å². The van der Waals surface area contributed by atoms with E-state index in [2.05, 4.69) is 26.6 Å². The quantitative estimate of drug-likeness (QED) is 0.272. The van der Waals surface area contributed by atoms with E-state index < -0.39 is 48.0 Å². The van der Waals surface area contributed by atoms with Crippen LogP contribution in [-0.2, 0) is 19.2 Å². The molecule has 0 aliphatic carbocycles. The van der Waals surface area contributed by atoms with Crippen LogP contribution in [0.4, 0.5) is 4.79 Å². The largest absolute Gasteiger partial charge is 0.480 e. The Morgan fingerprint density at radius 3 is 2.11 bits per heavy atom. The molecule has 0 aromatic carbocycles. The Kier molecular flexibility index (Phi) is 12.0. The summed E-state index contributed by atoms with van der Waals surface area (Å²) in [6, 6.07) is -4.37. The lowest BCUT2D eigenvalue weighted by molar-refractivity contribution is -0.140. The summed E-state index contributed by atoms with van der Waals surface area (Å²) in [5.74, 6) is -3.20. The van der Waals surface area contributed by atoms with Gasteiger partial charge in [0.2, 0.25) is 17.7 Å². The molecule has 11 heteroatoms. The molecule has 4 atom stereocenters. The summed E-state index contributed by atoms with van der Waals surface area (Å²) in [6.07, 6.45) is 6.66. The summed E-state index contributed by atoms with van der Waals surface area (Å²) in [4.78, 5) is 61.7. The smallest absolute Gasteiger partial charge is 0.326 e. The van der Waals surface area contributed by atoms with E-state index in [1.54, 1.807) is 45.9 Å². The van der Waals surface area contributed by atoms with Crippen molar-refractivity contribution in [2.45, 2.75) is 72.1 Å². The Morgan fingerprint density at radius 1 is 0.971 bits per heavy atom. The van der Waals surface area contributed by atoms with Crippen LogP contribution in [0.3, 0.4) is 0 Å². The monoisotopic (exact) mass is 493 g/mol. The Hall–Kier alpha value is -3.37. The maximum Gasteiger partial charge on any atom is 0.326 e. The Labute approximate surface area is 206 Å². The molecule has 0 saturated heterocycles. The maximum absolute atomic E-state index is 13.1. The second-order valence-corrected chi connectivity index (χ2v) is 9.53. The molecule has 0 aromatic heterocycles. The van der Waals surface area contributed by atoms with Crippen molar-refractivity contribution >= 4 is 29.7 Å². The van der Waals surface area contributed by atoms with Gasteiger partial charge < -0.3 is 31.7 Å². The summed E-state index contributed by atoms with van der Waals surface area (Å²) in [6.45, 7) is 10.9. The molecule has 35 heavy (non-hydrogen) atoms. The van der Waals surface area contributed by atoms with E-state index in [1.807, 2.05) is 13.8 Å². The third-order valence-electron chi connectivity index (χ3n) is 5.46. The maximum atomic E-state index is 13.1. The zero-order valence-corrected chi connectivity index (χ0v) is 21.3. The van der Waals surface area contributed by atoms with E-state index in [1.165, 1.54) is 6.08 Å². The standard InChI is InChI=1S/C24H39N5O6/c1-13(2)16-10-11-18(30)25-12-8-7-9-17(21(31)26-16)27-22(32)19(14(3)4)28-24(35)29-20(15(5)6)23(33)34/h7,9-11,13-17,19-20H,8,12H2,1-6H3,(H,25,30)(H,26,31)(H,27,32)(H,33,34)(H2,28,29,35)/b9-7-,11-10+. The average molecular weight is 494 g/mol. The molecule has 6 N–H and O–H groups in total. The fraction of sp³-hybridized carbons (Fsp3) is 0.625. The normalized spacial score (nSPS) is 22.7. The van der Waals surface area contributed by atoms with Crippen molar-refractivity contribution in [1.82, 2.24) is 26.6 Å². The summed E-state index contributed by atoms with van der Waals surface area (Å²) in [7, 11) is 0. The van der Waals surface area contributed by atoms with Crippen LogP contribution in [-0.4, -0.2) is 65.5 Å². The molecular formula is C24H39N5O6. The first kappa shape index (κ1) is 29.7. The van der Waals surface area contributed by atoms with E-state index in [4.69, 9.17) is 0 Å². The van der Waals surface area contributed by atoms with Crippen molar-refractivity contribution < 1.29 is 29.1 Å². The molecule has 0 fully saturated rings. The number of hydrogen-bond donors (Lipinski definition) is 6. The number of urea groups is 1. The summed E-state index contributed by atoms with van der Waals surface area (Å²) < 4.78 is 0. The number of carboxylic acids is 1. The van der Waals surface area contributed by atoms with Crippen molar-refractivity contribution in [2.75, 3.05) is 6.54 Å². The number of amides is 5. The number of hydrogen-bond acceptors (Lipinski definition) is 5. The third-order valence-corrected chi connectivity index (χ3v) is 5.46.